The summed E-state index contributed by atoms with van der Waals surface area (Å²) in [4.78, 5) is 21.3. The van der Waals surface area contributed by atoms with E-state index in [9.17, 15) is 4.79 Å². The van der Waals surface area contributed by atoms with Crippen LogP contribution in [0.2, 0.25) is 5.02 Å². The highest BCUT2D eigenvalue weighted by atomic mass is 35.5. The lowest BCUT2D eigenvalue weighted by Gasteiger charge is -2.33. The highest BCUT2D eigenvalue weighted by Crippen LogP contribution is 2.29. The molecule has 0 bridgehead atoms. The maximum absolute atomic E-state index is 13.4. The molecule has 0 saturated heterocycles. The molecule has 1 aliphatic heterocycles. The van der Waals surface area contributed by atoms with Gasteiger partial charge in [-0.25, -0.2) is 4.99 Å². The number of hydrogen-bond acceptors (Lipinski definition) is 2. The van der Waals surface area contributed by atoms with Gasteiger partial charge in [0.2, 0.25) is 0 Å². The third-order valence-corrected chi connectivity index (χ3v) is 5.33. The van der Waals surface area contributed by atoms with E-state index in [0.717, 1.165) is 27.4 Å². The Bertz CT molecular complexity index is 853. The minimum absolute atomic E-state index is 0.00176. The van der Waals surface area contributed by atoms with Gasteiger partial charge in [0.25, 0.3) is 6.17 Å². The van der Waals surface area contributed by atoms with E-state index in [2.05, 4.69) is 27.7 Å². The Balaban J connectivity index is 2.27. The SMILES string of the molecule is CC(C)[NH+](C(C)C)[C@@H]1N=C(c2ccccc2)c2cc(Cl)ccc2N(C)C1=O. The summed E-state index contributed by atoms with van der Waals surface area (Å²) in [6.45, 7) is 8.54. The lowest BCUT2D eigenvalue weighted by Crippen LogP contribution is -3.22. The first-order valence-corrected chi connectivity index (χ1v) is 9.76. The molecule has 1 heterocycles. The molecule has 1 aliphatic rings. The fourth-order valence-electron chi connectivity index (χ4n) is 3.89. The summed E-state index contributed by atoms with van der Waals surface area (Å²) in [7, 11) is 1.82. The highest BCUT2D eigenvalue weighted by Gasteiger charge is 2.39. The molecule has 1 amide bonds. The number of carbonyl (C=O) groups is 1. The Morgan fingerprint density at radius 2 is 1.67 bits per heavy atom. The van der Waals surface area contributed by atoms with Crippen LogP contribution in [0.5, 0.6) is 0 Å². The van der Waals surface area contributed by atoms with Crippen LogP contribution in [0.3, 0.4) is 0 Å². The number of amides is 1. The number of carbonyl (C=O) groups excluding carboxylic acids is 1. The fourth-order valence-corrected chi connectivity index (χ4v) is 4.06. The standard InChI is InChI=1S/C22H26ClN3O/c1-14(2)26(15(3)4)21-22(27)25(5)19-12-11-17(23)13-18(19)20(24-21)16-9-7-6-8-10-16/h6-15,21H,1-5H3/p+1/t21-/m0/s1. The van der Waals surface area contributed by atoms with Crippen LogP contribution in [-0.4, -0.2) is 36.9 Å². The Morgan fingerprint density at radius 1 is 1.04 bits per heavy atom. The molecule has 0 aromatic heterocycles. The molecule has 3 rings (SSSR count). The predicted molar refractivity (Wildman–Crippen MR) is 112 cm³/mol. The molecule has 27 heavy (non-hydrogen) atoms. The molecule has 0 fully saturated rings. The molecule has 2 aromatic rings. The molecule has 0 spiro atoms. The monoisotopic (exact) mass is 384 g/mol. The average Bonchev–Trinajstić information content (AvgIpc) is 2.72. The molecule has 2 aromatic carbocycles. The number of aliphatic imine (C=N–C) groups is 1. The summed E-state index contributed by atoms with van der Waals surface area (Å²) < 4.78 is 0. The van der Waals surface area contributed by atoms with Gasteiger partial charge < -0.3 is 9.80 Å². The number of rotatable bonds is 4. The summed E-state index contributed by atoms with van der Waals surface area (Å²) >= 11 is 6.30. The van der Waals surface area contributed by atoms with E-state index in [1.807, 2.05) is 55.6 Å². The van der Waals surface area contributed by atoms with Gasteiger partial charge >= 0.3 is 5.91 Å². The zero-order chi connectivity index (χ0) is 19.7. The van der Waals surface area contributed by atoms with Crippen molar-refractivity contribution >= 4 is 28.9 Å². The van der Waals surface area contributed by atoms with Gasteiger partial charge in [-0.05, 0) is 45.9 Å². The maximum atomic E-state index is 13.4. The second-order valence-electron chi connectivity index (χ2n) is 7.61. The zero-order valence-electron chi connectivity index (χ0n) is 16.5. The summed E-state index contributed by atoms with van der Waals surface area (Å²) in [5.74, 6) is 0.00176. The molecule has 0 unspecified atom stereocenters. The average molecular weight is 385 g/mol. The minimum Gasteiger partial charge on any atom is -0.308 e. The molecular formula is C22H27ClN3O+. The van der Waals surface area contributed by atoms with Crippen LogP contribution >= 0.6 is 11.6 Å². The van der Waals surface area contributed by atoms with Crippen LogP contribution in [0.25, 0.3) is 0 Å². The molecular weight excluding hydrogens is 358 g/mol. The highest BCUT2D eigenvalue weighted by molar-refractivity contribution is 6.32. The molecule has 1 N–H and O–H groups in total. The number of halogens is 1. The quantitative estimate of drug-likeness (QED) is 0.863. The summed E-state index contributed by atoms with van der Waals surface area (Å²) in [5.41, 5.74) is 3.52. The summed E-state index contributed by atoms with van der Waals surface area (Å²) in [6, 6.07) is 16.2. The predicted octanol–water partition coefficient (Wildman–Crippen LogP) is 3.18. The molecule has 1 atom stereocenters. The van der Waals surface area contributed by atoms with Crippen molar-refractivity contribution in [3.8, 4) is 0 Å². The van der Waals surface area contributed by atoms with Crippen molar-refractivity contribution < 1.29 is 9.69 Å². The fraction of sp³-hybridized carbons (Fsp3) is 0.364. The van der Waals surface area contributed by atoms with Crippen molar-refractivity contribution in [2.75, 3.05) is 11.9 Å². The van der Waals surface area contributed by atoms with Crippen molar-refractivity contribution in [3.05, 3.63) is 64.7 Å². The number of likely N-dealkylation sites (N-methyl/N-ethyl adjacent to an activating group) is 1. The number of benzene rings is 2. The number of anilines is 1. The van der Waals surface area contributed by atoms with Crippen LogP contribution in [0.15, 0.2) is 53.5 Å². The molecule has 0 aliphatic carbocycles. The van der Waals surface area contributed by atoms with Crippen molar-refractivity contribution in [2.45, 2.75) is 45.9 Å². The smallest absolute Gasteiger partial charge is 0.308 e. The van der Waals surface area contributed by atoms with Crippen LogP contribution in [0.4, 0.5) is 5.69 Å². The van der Waals surface area contributed by atoms with E-state index in [4.69, 9.17) is 16.6 Å². The third-order valence-electron chi connectivity index (χ3n) is 5.09. The number of quaternary nitrogens is 1. The second kappa shape index (κ2) is 7.83. The van der Waals surface area contributed by atoms with E-state index >= 15 is 0 Å². The lowest BCUT2D eigenvalue weighted by molar-refractivity contribution is -0.956. The van der Waals surface area contributed by atoms with Gasteiger partial charge in [-0.3, -0.25) is 4.79 Å². The summed E-state index contributed by atoms with van der Waals surface area (Å²) in [6.07, 6.45) is -0.503. The lowest BCUT2D eigenvalue weighted by atomic mass is 10.0. The normalized spacial score (nSPS) is 17.4. The van der Waals surface area contributed by atoms with Crippen LogP contribution in [0.1, 0.15) is 38.8 Å². The van der Waals surface area contributed by atoms with E-state index in [0.29, 0.717) is 5.02 Å². The topological polar surface area (TPSA) is 37.1 Å². The zero-order valence-corrected chi connectivity index (χ0v) is 17.3. The molecule has 0 radical (unpaired) electrons. The van der Waals surface area contributed by atoms with Gasteiger partial charge in [0.1, 0.15) is 0 Å². The van der Waals surface area contributed by atoms with E-state index < -0.39 is 6.17 Å². The number of nitrogens with one attached hydrogen (secondary N) is 1. The summed E-state index contributed by atoms with van der Waals surface area (Å²) in [5, 5.41) is 0.633. The van der Waals surface area contributed by atoms with Gasteiger partial charge in [-0.2, -0.15) is 0 Å². The maximum Gasteiger partial charge on any atom is 0.309 e. The Morgan fingerprint density at radius 3 is 2.26 bits per heavy atom. The van der Waals surface area contributed by atoms with Crippen molar-refractivity contribution in [1.29, 1.82) is 0 Å². The van der Waals surface area contributed by atoms with E-state index in [-0.39, 0.29) is 18.0 Å². The first-order valence-electron chi connectivity index (χ1n) is 9.38. The first-order chi connectivity index (χ1) is 12.8. The number of benzodiazepines with no additional fused rings is 1. The van der Waals surface area contributed by atoms with Crippen LogP contribution in [0, 0.1) is 0 Å². The molecule has 5 heteroatoms. The first kappa shape index (κ1) is 19.6. The largest absolute Gasteiger partial charge is 0.309 e. The Kier molecular flexibility index (Phi) is 5.68. The molecule has 4 nitrogen and oxygen atoms in total. The Labute approximate surface area is 166 Å². The molecule has 0 saturated carbocycles. The van der Waals surface area contributed by atoms with Gasteiger partial charge in [0, 0.05) is 23.2 Å². The van der Waals surface area contributed by atoms with Crippen molar-refractivity contribution in [1.82, 2.24) is 0 Å². The van der Waals surface area contributed by atoms with Crippen molar-refractivity contribution in [3.63, 3.8) is 0 Å². The van der Waals surface area contributed by atoms with Gasteiger partial charge in [0.15, 0.2) is 0 Å². The van der Waals surface area contributed by atoms with Gasteiger partial charge in [-0.1, -0.05) is 41.9 Å². The second-order valence-corrected chi connectivity index (χ2v) is 8.05. The minimum atomic E-state index is -0.503. The van der Waals surface area contributed by atoms with Crippen LogP contribution in [-0.2, 0) is 4.79 Å². The number of hydrogen-bond donors (Lipinski definition) is 1. The molecule has 142 valence electrons. The Hall–Kier alpha value is -2.17. The third kappa shape index (κ3) is 3.78. The number of fused-ring (bicyclic) bond motifs is 1. The van der Waals surface area contributed by atoms with E-state index in [1.54, 1.807) is 4.90 Å². The van der Waals surface area contributed by atoms with Gasteiger partial charge in [0.05, 0.1) is 23.5 Å². The number of nitrogens with zero attached hydrogens (tertiary/aromatic N) is 2. The van der Waals surface area contributed by atoms with Crippen molar-refractivity contribution in [2.24, 2.45) is 4.99 Å². The van der Waals surface area contributed by atoms with Gasteiger partial charge in [-0.15, -0.1) is 0 Å². The van der Waals surface area contributed by atoms with E-state index in [1.165, 1.54) is 0 Å². The van der Waals surface area contributed by atoms with Crippen LogP contribution < -0.4 is 9.80 Å².